The molecule has 6 nitrogen and oxygen atoms in total. The Morgan fingerprint density at radius 3 is 2.56 bits per heavy atom. The topological polar surface area (TPSA) is 92.1 Å². The van der Waals surface area contributed by atoms with Crippen LogP contribution in [0.1, 0.15) is 43.7 Å². The number of nitrogens with zero attached hydrogens (tertiary/aromatic N) is 2. The van der Waals surface area contributed by atoms with E-state index < -0.39 is 24.0 Å². The fourth-order valence-corrected chi connectivity index (χ4v) is 3.01. The highest BCUT2D eigenvalue weighted by Gasteiger charge is 2.30. The highest BCUT2D eigenvalue weighted by atomic mass is 32.1. The van der Waals surface area contributed by atoms with Crippen molar-refractivity contribution in [3.63, 3.8) is 0 Å². The summed E-state index contributed by atoms with van der Waals surface area (Å²) >= 11 is 1.34. The molecule has 27 heavy (non-hydrogen) atoms. The molecule has 1 amide bonds. The Hall–Kier alpha value is -2.72. The molecule has 0 aliphatic carbocycles. The molecule has 1 aromatic heterocycles. The lowest BCUT2D eigenvalue weighted by atomic mass is 9.90. The molecule has 0 unspecified atom stereocenters. The van der Waals surface area contributed by atoms with E-state index >= 15 is 0 Å². The lowest BCUT2D eigenvalue weighted by Gasteiger charge is -2.27. The van der Waals surface area contributed by atoms with Gasteiger partial charge in [-0.3, -0.25) is 4.79 Å². The number of nitriles is 1. The quantitative estimate of drug-likeness (QED) is 0.736. The predicted octanol–water partition coefficient (Wildman–Crippen LogP) is 3.58. The number of aryl methyl sites for hydroxylation is 1. The minimum atomic E-state index is -1.01. The van der Waals surface area contributed by atoms with Crippen molar-refractivity contribution in [1.29, 1.82) is 5.26 Å². The zero-order valence-corrected chi connectivity index (χ0v) is 16.7. The summed E-state index contributed by atoms with van der Waals surface area (Å²) in [5.74, 6) is -1.27. The second-order valence-corrected chi connectivity index (χ2v) is 7.54. The highest BCUT2D eigenvalue weighted by Crippen LogP contribution is 2.24. The molecule has 1 aromatic carbocycles. The first-order valence-corrected chi connectivity index (χ1v) is 9.61. The van der Waals surface area contributed by atoms with Crippen LogP contribution in [-0.2, 0) is 16.0 Å². The second kappa shape index (κ2) is 8.78. The van der Waals surface area contributed by atoms with Crippen LogP contribution >= 0.6 is 11.3 Å². The summed E-state index contributed by atoms with van der Waals surface area (Å²) in [4.78, 5) is 28.4. The fourth-order valence-electron chi connectivity index (χ4n) is 2.22. The van der Waals surface area contributed by atoms with E-state index in [1.807, 2.05) is 38.1 Å². The van der Waals surface area contributed by atoms with Crippen LogP contribution in [0.3, 0.4) is 0 Å². The van der Waals surface area contributed by atoms with Gasteiger partial charge in [-0.2, -0.15) is 5.26 Å². The molecule has 0 fully saturated rings. The van der Waals surface area contributed by atoms with Crippen LogP contribution in [0.15, 0.2) is 29.6 Å². The van der Waals surface area contributed by atoms with Gasteiger partial charge in [0.1, 0.15) is 10.5 Å². The van der Waals surface area contributed by atoms with Gasteiger partial charge >= 0.3 is 5.97 Å². The predicted molar refractivity (Wildman–Crippen MR) is 104 cm³/mol. The van der Waals surface area contributed by atoms with E-state index in [9.17, 15) is 14.9 Å². The first kappa shape index (κ1) is 20.6. The van der Waals surface area contributed by atoms with Gasteiger partial charge in [0.15, 0.2) is 12.3 Å². The number of esters is 1. The highest BCUT2D eigenvalue weighted by molar-refractivity contribution is 7.13. The summed E-state index contributed by atoms with van der Waals surface area (Å²) in [5, 5.41) is 14.1. The van der Waals surface area contributed by atoms with Gasteiger partial charge in [-0.1, -0.05) is 45.0 Å². The van der Waals surface area contributed by atoms with E-state index in [2.05, 4.69) is 23.3 Å². The molecule has 0 bridgehead atoms. The molecular weight excluding hydrogens is 362 g/mol. The van der Waals surface area contributed by atoms with Crippen molar-refractivity contribution in [3.05, 3.63) is 40.9 Å². The van der Waals surface area contributed by atoms with Gasteiger partial charge in [-0.25, -0.2) is 9.78 Å². The van der Waals surface area contributed by atoms with Crippen molar-refractivity contribution >= 4 is 23.2 Å². The number of nitrogens with one attached hydrogen (secondary N) is 1. The Morgan fingerprint density at radius 2 is 2.00 bits per heavy atom. The Labute approximate surface area is 163 Å². The van der Waals surface area contributed by atoms with Crippen LogP contribution in [0.4, 0.5) is 0 Å². The number of hydrogen-bond donors (Lipinski definition) is 1. The van der Waals surface area contributed by atoms with Gasteiger partial charge in [0.2, 0.25) is 0 Å². The smallest absolute Gasteiger partial charge is 0.358 e. The monoisotopic (exact) mass is 385 g/mol. The van der Waals surface area contributed by atoms with Gasteiger partial charge in [-0.05, 0) is 24.8 Å². The third kappa shape index (κ3) is 5.14. The molecule has 0 aliphatic rings. The van der Waals surface area contributed by atoms with Crippen LogP contribution in [0.5, 0.6) is 0 Å². The van der Waals surface area contributed by atoms with Gasteiger partial charge in [0.05, 0.1) is 6.07 Å². The second-order valence-electron chi connectivity index (χ2n) is 6.68. The van der Waals surface area contributed by atoms with Crippen molar-refractivity contribution in [2.45, 2.75) is 39.7 Å². The normalized spacial score (nSPS) is 12.9. The molecular formula is C20H23N3O3S. The molecule has 2 rings (SSSR count). The maximum Gasteiger partial charge on any atom is 0.358 e. The average molecular weight is 385 g/mol. The van der Waals surface area contributed by atoms with E-state index in [-0.39, 0.29) is 11.6 Å². The number of thiazole rings is 1. The third-order valence-electron chi connectivity index (χ3n) is 4.44. The van der Waals surface area contributed by atoms with Crippen LogP contribution in [0.2, 0.25) is 0 Å². The Bertz CT molecular complexity index is 852. The van der Waals surface area contributed by atoms with Crippen LogP contribution in [0.25, 0.3) is 10.6 Å². The van der Waals surface area contributed by atoms with E-state index in [0.717, 1.165) is 12.0 Å². The summed E-state index contributed by atoms with van der Waals surface area (Å²) in [7, 11) is 0. The van der Waals surface area contributed by atoms with E-state index in [1.54, 1.807) is 12.3 Å². The maximum atomic E-state index is 12.1. The molecule has 142 valence electrons. The number of benzene rings is 1. The number of amides is 1. The Morgan fingerprint density at radius 1 is 1.33 bits per heavy atom. The molecule has 0 aliphatic heterocycles. The molecule has 1 atom stereocenters. The Kier molecular flexibility index (Phi) is 6.70. The van der Waals surface area contributed by atoms with E-state index in [1.165, 1.54) is 16.9 Å². The van der Waals surface area contributed by atoms with Crippen molar-refractivity contribution in [1.82, 2.24) is 10.3 Å². The molecule has 0 saturated heterocycles. The number of ether oxygens (including phenoxy) is 1. The summed E-state index contributed by atoms with van der Waals surface area (Å²) in [6.07, 6.45) is 0.958. The van der Waals surface area contributed by atoms with Gasteiger partial charge in [-0.15, -0.1) is 11.3 Å². The summed E-state index contributed by atoms with van der Waals surface area (Å²) in [5.41, 5.74) is 1.30. The minimum Gasteiger partial charge on any atom is -0.451 e. The average Bonchev–Trinajstić information content (AvgIpc) is 3.16. The van der Waals surface area contributed by atoms with E-state index in [4.69, 9.17) is 4.74 Å². The SMILES string of the molecule is CCc1ccc(-c2nc(C(=O)OCC(=O)N[C@@](C)(C#N)C(C)C)cs2)cc1. The van der Waals surface area contributed by atoms with Gasteiger partial charge in [0, 0.05) is 10.9 Å². The summed E-state index contributed by atoms with van der Waals surface area (Å²) in [6, 6.07) is 10.1. The summed E-state index contributed by atoms with van der Waals surface area (Å²) in [6.45, 7) is 6.93. The number of rotatable bonds is 7. The molecule has 0 saturated carbocycles. The van der Waals surface area contributed by atoms with Crippen molar-refractivity contribution in [2.24, 2.45) is 5.92 Å². The van der Waals surface area contributed by atoms with Crippen LogP contribution < -0.4 is 5.32 Å². The first-order chi connectivity index (χ1) is 12.8. The molecule has 7 heteroatoms. The zero-order valence-electron chi connectivity index (χ0n) is 15.9. The molecule has 0 spiro atoms. The molecule has 2 aromatic rings. The molecule has 0 radical (unpaired) electrons. The van der Waals surface area contributed by atoms with Crippen LogP contribution in [-0.4, -0.2) is 29.0 Å². The van der Waals surface area contributed by atoms with Crippen molar-refractivity contribution in [2.75, 3.05) is 6.61 Å². The number of carbonyl (C=O) groups is 2. The van der Waals surface area contributed by atoms with Gasteiger partial charge in [0.25, 0.3) is 5.91 Å². The lowest BCUT2D eigenvalue weighted by molar-refractivity contribution is -0.125. The molecule has 1 heterocycles. The Balaban J connectivity index is 1.96. The standard InChI is InChI=1S/C20H23N3O3S/c1-5-14-6-8-15(9-7-14)18-22-16(11-27-18)19(25)26-10-17(24)23-20(4,12-21)13(2)3/h6-9,11,13H,5,10H2,1-4H3,(H,23,24)/t20-/m0/s1. The zero-order chi connectivity index (χ0) is 20.0. The van der Waals surface area contributed by atoms with Crippen molar-refractivity contribution < 1.29 is 14.3 Å². The van der Waals surface area contributed by atoms with Crippen LogP contribution in [0, 0.1) is 17.2 Å². The maximum absolute atomic E-state index is 12.1. The number of carbonyl (C=O) groups excluding carboxylic acids is 2. The lowest BCUT2D eigenvalue weighted by Crippen LogP contribution is -2.50. The molecule has 1 N–H and O–H groups in total. The van der Waals surface area contributed by atoms with E-state index in [0.29, 0.717) is 5.01 Å². The number of hydrogen-bond acceptors (Lipinski definition) is 6. The largest absolute Gasteiger partial charge is 0.451 e. The fraction of sp³-hybridized carbons (Fsp3) is 0.400. The van der Waals surface area contributed by atoms with Crippen molar-refractivity contribution in [3.8, 4) is 16.6 Å². The first-order valence-electron chi connectivity index (χ1n) is 8.73. The third-order valence-corrected chi connectivity index (χ3v) is 5.33. The number of aromatic nitrogens is 1. The minimum absolute atomic E-state index is 0.0812. The van der Waals surface area contributed by atoms with Gasteiger partial charge < -0.3 is 10.1 Å². The summed E-state index contributed by atoms with van der Waals surface area (Å²) < 4.78 is 5.03.